The lowest BCUT2D eigenvalue weighted by Gasteiger charge is -2.30. The number of rotatable bonds is 6. The number of hydrogen-bond donors (Lipinski definition) is 1. The normalized spacial score (nSPS) is 22.4. The third-order valence-corrected chi connectivity index (χ3v) is 3.18. The highest BCUT2D eigenvalue weighted by Crippen LogP contribution is 2.10. The minimum Gasteiger partial charge on any atom is -0.481 e. The molecule has 1 rings (SSSR count). The van der Waals surface area contributed by atoms with Crippen molar-refractivity contribution in [2.45, 2.75) is 37.9 Å². The lowest BCUT2D eigenvalue weighted by molar-refractivity contribution is -0.137. The lowest BCUT2D eigenvalue weighted by Crippen LogP contribution is -2.44. The van der Waals surface area contributed by atoms with Crippen molar-refractivity contribution in [3.8, 4) is 11.8 Å². The number of carboxylic acids is 1. The fourth-order valence-electron chi connectivity index (χ4n) is 2.05. The smallest absolute Gasteiger partial charge is 0.303 e. The van der Waals surface area contributed by atoms with Crippen molar-refractivity contribution in [3.05, 3.63) is 0 Å². The molecule has 0 spiro atoms. The van der Waals surface area contributed by atoms with Crippen LogP contribution < -0.4 is 0 Å². The van der Waals surface area contributed by atoms with Gasteiger partial charge in [-0.25, -0.2) is 0 Å². The van der Waals surface area contributed by atoms with Crippen LogP contribution in [0, 0.1) is 11.8 Å². The summed E-state index contributed by atoms with van der Waals surface area (Å²) in [5.41, 5.74) is 0. The fraction of sp³-hybridized carbons (Fsp3) is 0.714. The minimum atomic E-state index is -0.884. The van der Waals surface area contributed by atoms with Gasteiger partial charge in [0.05, 0.1) is 6.54 Å². The molecule has 1 heterocycles. The summed E-state index contributed by atoms with van der Waals surface area (Å²) >= 11 is 0. The highest BCUT2D eigenvalue weighted by Gasteiger charge is 2.25. The van der Waals surface area contributed by atoms with Crippen molar-refractivity contribution < 1.29 is 24.2 Å². The molecule has 0 radical (unpaired) electrons. The quantitative estimate of drug-likeness (QED) is 0.719. The minimum absolute atomic E-state index is 0.00773. The Kier molecular flexibility index (Phi) is 7.05. The Morgan fingerprint density at radius 3 is 2.65 bits per heavy atom. The van der Waals surface area contributed by atoms with E-state index in [4.69, 9.17) is 14.6 Å². The van der Waals surface area contributed by atoms with E-state index in [1.807, 2.05) is 0 Å². The number of carbonyl (C=O) groups excluding carboxylic acids is 1. The highest BCUT2D eigenvalue weighted by molar-refractivity contribution is 5.77. The van der Waals surface area contributed by atoms with E-state index in [-0.39, 0.29) is 31.0 Å². The van der Waals surface area contributed by atoms with E-state index < -0.39 is 5.97 Å². The van der Waals surface area contributed by atoms with Crippen molar-refractivity contribution in [3.63, 3.8) is 0 Å². The Hall–Kier alpha value is -1.58. The molecule has 0 saturated heterocycles. The molecule has 0 bridgehead atoms. The van der Waals surface area contributed by atoms with Crippen molar-refractivity contribution in [2.75, 3.05) is 27.3 Å². The summed E-state index contributed by atoms with van der Waals surface area (Å²) in [4.78, 5) is 24.2. The van der Waals surface area contributed by atoms with Crippen LogP contribution >= 0.6 is 0 Å². The molecule has 1 aliphatic rings. The third-order valence-electron chi connectivity index (χ3n) is 3.18. The number of methoxy groups -OCH3 is 2. The van der Waals surface area contributed by atoms with Gasteiger partial charge in [-0.1, -0.05) is 11.8 Å². The first-order valence-electron chi connectivity index (χ1n) is 6.62. The van der Waals surface area contributed by atoms with E-state index in [0.717, 1.165) is 0 Å². The van der Waals surface area contributed by atoms with E-state index in [0.29, 0.717) is 25.9 Å². The third kappa shape index (κ3) is 5.19. The van der Waals surface area contributed by atoms with Gasteiger partial charge in [0.25, 0.3) is 0 Å². The Morgan fingerprint density at radius 1 is 1.30 bits per heavy atom. The SMILES string of the molecule is CO[C@H]1C#CCCN(C(=O)CCCC(=O)O)C[C@@H]1OC. The maximum absolute atomic E-state index is 12.1. The van der Waals surface area contributed by atoms with Crippen LogP contribution in [-0.2, 0) is 19.1 Å². The van der Waals surface area contributed by atoms with Crippen LogP contribution in [0.5, 0.6) is 0 Å². The van der Waals surface area contributed by atoms with Crippen LogP contribution in [0.4, 0.5) is 0 Å². The van der Waals surface area contributed by atoms with E-state index in [1.54, 1.807) is 19.1 Å². The summed E-state index contributed by atoms with van der Waals surface area (Å²) in [6.07, 6.45) is 0.524. The topological polar surface area (TPSA) is 76.1 Å². The molecular weight excluding hydrogens is 262 g/mol. The molecule has 0 unspecified atom stereocenters. The second-order valence-corrected chi connectivity index (χ2v) is 4.59. The molecule has 1 N–H and O–H groups in total. The van der Waals surface area contributed by atoms with Gasteiger partial charge in [-0.05, 0) is 6.42 Å². The number of hydrogen-bond acceptors (Lipinski definition) is 4. The molecule has 20 heavy (non-hydrogen) atoms. The molecular formula is C14H21NO5. The molecule has 0 saturated carbocycles. The van der Waals surface area contributed by atoms with Crippen LogP contribution in [0.2, 0.25) is 0 Å². The van der Waals surface area contributed by atoms with Gasteiger partial charge in [-0.15, -0.1) is 0 Å². The van der Waals surface area contributed by atoms with Gasteiger partial charge in [0.1, 0.15) is 12.2 Å². The summed E-state index contributed by atoms with van der Waals surface area (Å²) in [5.74, 6) is 5.00. The van der Waals surface area contributed by atoms with Gasteiger partial charge in [0.15, 0.2) is 0 Å². The second kappa shape index (κ2) is 8.56. The zero-order valence-electron chi connectivity index (χ0n) is 11.9. The standard InChI is InChI=1S/C14H21NO5/c1-19-11-6-3-4-9-15(10-12(11)20-2)13(16)7-5-8-14(17)18/h11-12H,4-5,7-10H2,1-2H3,(H,17,18)/t11-,12-/m0/s1. The largest absolute Gasteiger partial charge is 0.481 e. The zero-order valence-corrected chi connectivity index (χ0v) is 11.9. The molecule has 6 heteroatoms. The van der Waals surface area contributed by atoms with E-state index in [2.05, 4.69) is 11.8 Å². The predicted molar refractivity (Wildman–Crippen MR) is 72.1 cm³/mol. The van der Waals surface area contributed by atoms with Crippen molar-refractivity contribution in [1.82, 2.24) is 4.90 Å². The zero-order chi connectivity index (χ0) is 15.0. The number of ether oxygens (including phenoxy) is 2. The van der Waals surface area contributed by atoms with Crippen molar-refractivity contribution in [1.29, 1.82) is 0 Å². The Morgan fingerprint density at radius 2 is 2.05 bits per heavy atom. The van der Waals surface area contributed by atoms with Gasteiger partial charge < -0.3 is 19.5 Å². The molecule has 0 aliphatic carbocycles. The number of carbonyl (C=O) groups is 2. The molecule has 1 aliphatic heterocycles. The van der Waals surface area contributed by atoms with Gasteiger partial charge in [-0.2, -0.15) is 0 Å². The molecule has 0 fully saturated rings. The Bertz CT molecular complexity index is 398. The number of nitrogens with zero attached hydrogens (tertiary/aromatic N) is 1. The monoisotopic (exact) mass is 283 g/mol. The molecule has 2 atom stereocenters. The first kappa shape index (κ1) is 16.5. The predicted octanol–water partition coefficient (Wildman–Crippen LogP) is 0.507. The van der Waals surface area contributed by atoms with Crippen LogP contribution in [0.15, 0.2) is 0 Å². The molecule has 6 nitrogen and oxygen atoms in total. The number of amides is 1. The molecule has 0 aromatic carbocycles. The van der Waals surface area contributed by atoms with Crippen molar-refractivity contribution >= 4 is 11.9 Å². The highest BCUT2D eigenvalue weighted by atomic mass is 16.5. The first-order chi connectivity index (χ1) is 9.58. The fourth-order valence-corrected chi connectivity index (χ4v) is 2.05. The number of aliphatic carboxylic acids is 1. The molecule has 1 amide bonds. The summed E-state index contributed by atoms with van der Waals surface area (Å²) in [7, 11) is 3.12. The van der Waals surface area contributed by atoms with Gasteiger partial charge in [-0.3, -0.25) is 9.59 Å². The van der Waals surface area contributed by atoms with Crippen LogP contribution in [-0.4, -0.2) is 61.4 Å². The average molecular weight is 283 g/mol. The van der Waals surface area contributed by atoms with E-state index >= 15 is 0 Å². The van der Waals surface area contributed by atoms with Crippen LogP contribution in [0.3, 0.4) is 0 Å². The van der Waals surface area contributed by atoms with Gasteiger partial charge >= 0.3 is 5.97 Å². The summed E-state index contributed by atoms with van der Waals surface area (Å²) in [5, 5.41) is 8.59. The number of carboxylic acid groups (broad SMARTS) is 1. The summed E-state index contributed by atoms with van der Waals surface area (Å²) in [6, 6.07) is 0. The average Bonchev–Trinajstić information content (AvgIpc) is 2.38. The lowest BCUT2D eigenvalue weighted by atomic mass is 10.1. The maximum atomic E-state index is 12.1. The van der Waals surface area contributed by atoms with Crippen LogP contribution in [0.25, 0.3) is 0 Å². The maximum Gasteiger partial charge on any atom is 0.303 e. The first-order valence-corrected chi connectivity index (χ1v) is 6.62. The molecule has 112 valence electrons. The summed E-state index contributed by atoms with van der Waals surface area (Å²) < 4.78 is 10.6. The van der Waals surface area contributed by atoms with E-state index in [1.165, 1.54) is 0 Å². The Labute approximate surface area is 119 Å². The van der Waals surface area contributed by atoms with Gasteiger partial charge in [0, 0.05) is 40.0 Å². The molecule has 0 aromatic rings. The van der Waals surface area contributed by atoms with E-state index in [9.17, 15) is 9.59 Å². The Balaban J connectivity index is 2.59. The molecule has 0 aromatic heterocycles. The van der Waals surface area contributed by atoms with Crippen molar-refractivity contribution in [2.24, 2.45) is 0 Å². The summed E-state index contributed by atoms with van der Waals surface area (Å²) in [6.45, 7) is 0.949. The van der Waals surface area contributed by atoms with Gasteiger partial charge in [0.2, 0.25) is 5.91 Å². The second-order valence-electron chi connectivity index (χ2n) is 4.59. The van der Waals surface area contributed by atoms with Crippen LogP contribution in [0.1, 0.15) is 25.7 Å².